The zero-order valence-electron chi connectivity index (χ0n) is 17.1. The first-order chi connectivity index (χ1) is 14.5. The average molecular weight is 408 g/mol. The lowest BCUT2D eigenvalue weighted by Crippen LogP contribution is -2.30. The minimum absolute atomic E-state index is 0.119. The minimum atomic E-state index is -0.732. The highest BCUT2D eigenvalue weighted by molar-refractivity contribution is 6.22. The molecule has 0 saturated carbocycles. The van der Waals surface area contributed by atoms with Crippen LogP contribution in [0.15, 0.2) is 42.5 Å². The van der Waals surface area contributed by atoms with Gasteiger partial charge in [-0.2, -0.15) is 0 Å². The van der Waals surface area contributed by atoms with E-state index in [-0.39, 0.29) is 22.6 Å². The van der Waals surface area contributed by atoms with E-state index in [0.717, 1.165) is 24.8 Å². The van der Waals surface area contributed by atoms with Crippen LogP contribution in [0.25, 0.3) is 0 Å². The number of benzene rings is 2. The van der Waals surface area contributed by atoms with E-state index in [2.05, 4.69) is 5.32 Å². The van der Waals surface area contributed by atoms with Gasteiger partial charge in [0.05, 0.1) is 16.7 Å². The highest BCUT2D eigenvalue weighted by Gasteiger charge is 2.35. The zero-order chi connectivity index (χ0) is 21.7. The first kappa shape index (κ1) is 21.2. The SMILES string of the molecule is CCCCN1C(=O)c2ccc(C(=O)OCC(=O)Nc3ccccc3CC)cc2C1=O. The molecule has 0 aliphatic carbocycles. The molecule has 30 heavy (non-hydrogen) atoms. The Labute approximate surface area is 175 Å². The fourth-order valence-corrected chi connectivity index (χ4v) is 3.29. The number of nitrogens with zero attached hydrogens (tertiary/aromatic N) is 1. The third kappa shape index (κ3) is 4.40. The van der Waals surface area contributed by atoms with Gasteiger partial charge in [-0.25, -0.2) is 4.79 Å². The Morgan fingerprint density at radius 3 is 2.47 bits per heavy atom. The Morgan fingerprint density at radius 2 is 1.73 bits per heavy atom. The summed E-state index contributed by atoms with van der Waals surface area (Å²) in [5, 5.41) is 2.73. The number of nitrogens with one attached hydrogen (secondary N) is 1. The van der Waals surface area contributed by atoms with Gasteiger partial charge in [0.1, 0.15) is 0 Å². The molecule has 3 amide bonds. The summed E-state index contributed by atoms with van der Waals surface area (Å²) in [5.74, 6) is -1.95. The molecule has 0 unspecified atom stereocenters. The van der Waals surface area contributed by atoms with Crippen molar-refractivity contribution in [3.63, 3.8) is 0 Å². The number of carbonyl (C=O) groups excluding carboxylic acids is 4. The molecule has 0 atom stereocenters. The van der Waals surface area contributed by atoms with Crippen molar-refractivity contribution in [2.45, 2.75) is 33.1 Å². The number of carbonyl (C=O) groups is 4. The quantitative estimate of drug-likeness (QED) is 0.534. The standard InChI is InChI=1S/C23H24N2O5/c1-3-5-12-25-21(27)17-11-10-16(13-18(17)22(25)28)23(29)30-14-20(26)24-19-9-7-6-8-15(19)4-2/h6-11,13H,3-5,12,14H2,1-2H3,(H,24,26). The van der Waals surface area contributed by atoms with Gasteiger partial charge in [-0.15, -0.1) is 0 Å². The molecule has 0 aromatic heterocycles. The number of esters is 1. The Bertz CT molecular complexity index is 999. The van der Waals surface area contributed by atoms with E-state index in [1.807, 2.05) is 32.0 Å². The van der Waals surface area contributed by atoms with Gasteiger partial charge in [-0.05, 0) is 42.7 Å². The number of hydrogen-bond donors (Lipinski definition) is 1. The summed E-state index contributed by atoms with van der Waals surface area (Å²) in [6.45, 7) is 3.85. The number of fused-ring (bicyclic) bond motifs is 1. The van der Waals surface area contributed by atoms with Crippen LogP contribution in [0.4, 0.5) is 5.69 Å². The molecule has 2 aromatic carbocycles. The smallest absolute Gasteiger partial charge is 0.338 e. The van der Waals surface area contributed by atoms with Gasteiger partial charge in [0.15, 0.2) is 6.61 Å². The molecule has 156 valence electrons. The zero-order valence-corrected chi connectivity index (χ0v) is 17.1. The van der Waals surface area contributed by atoms with Gasteiger partial charge in [0.2, 0.25) is 0 Å². The lowest BCUT2D eigenvalue weighted by molar-refractivity contribution is -0.119. The average Bonchev–Trinajstić information content (AvgIpc) is 3.00. The van der Waals surface area contributed by atoms with Gasteiger partial charge >= 0.3 is 5.97 Å². The largest absolute Gasteiger partial charge is 0.452 e. The minimum Gasteiger partial charge on any atom is -0.452 e. The van der Waals surface area contributed by atoms with Gasteiger partial charge in [0.25, 0.3) is 17.7 Å². The molecule has 7 heteroatoms. The van der Waals surface area contributed by atoms with E-state index in [4.69, 9.17) is 4.74 Å². The van der Waals surface area contributed by atoms with E-state index in [1.54, 1.807) is 6.07 Å². The van der Waals surface area contributed by atoms with Gasteiger partial charge in [-0.3, -0.25) is 19.3 Å². The summed E-state index contributed by atoms with van der Waals surface area (Å²) in [5.41, 5.74) is 2.24. The number of rotatable bonds is 8. The van der Waals surface area contributed by atoms with Crippen LogP contribution in [0.5, 0.6) is 0 Å². The third-order valence-electron chi connectivity index (χ3n) is 4.95. The maximum Gasteiger partial charge on any atom is 0.338 e. The van der Waals surface area contributed by atoms with E-state index in [1.165, 1.54) is 23.1 Å². The van der Waals surface area contributed by atoms with Gasteiger partial charge < -0.3 is 10.1 Å². The summed E-state index contributed by atoms with van der Waals surface area (Å²) in [6, 6.07) is 11.6. The molecule has 0 saturated heterocycles. The number of amides is 3. The normalized spacial score (nSPS) is 12.7. The Morgan fingerprint density at radius 1 is 1.00 bits per heavy atom. The van der Waals surface area contributed by atoms with Crippen molar-refractivity contribution in [1.82, 2.24) is 4.90 Å². The van der Waals surface area contributed by atoms with Crippen molar-refractivity contribution in [3.05, 3.63) is 64.7 Å². The van der Waals surface area contributed by atoms with Crippen molar-refractivity contribution in [2.75, 3.05) is 18.5 Å². The molecule has 1 aliphatic rings. The molecule has 3 rings (SSSR count). The predicted octanol–water partition coefficient (Wildman–Crippen LogP) is 3.44. The van der Waals surface area contributed by atoms with Crippen molar-refractivity contribution < 1.29 is 23.9 Å². The Hall–Kier alpha value is -3.48. The third-order valence-corrected chi connectivity index (χ3v) is 4.95. The second-order valence-electron chi connectivity index (χ2n) is 7.01. The fourth-order valence-electron chi connectivity index (χ4n) is 3.29. The van der Waals surface area contributed by atoms with Crippen molar-refractivity contribution in [1.29, 1.82) is 0 Å². The first-order valence-electron chi connectivity index (χ1n) is 10.0. The highest BCUT2D eigenvalue weighted by atomic mass is 16.5. The molecule has 1 N–H and O–H groups in total. The highest BCUT2D eigenvalue weighted by Crippen LogP contribution is 2.24. The lowest BCUT2D eigenvalue weighted by atomic mass is 10.1. The van der Waals surface area contributed by atoms with E-state index in [9.17, 15) is 19.2 Å². The van der Waals surface area contributed by atoms with Crippen LogP contribution in [0.1, 0.15) is 63.3 Å². The number of hydrogen-bond acceptors (Lipinski definition) is 5. The summed E-state index contributed by atoms with van der Waals surface area (Å²) in [7, 11) is 0. The summed E-state index contributed by atoms with van der Waals surface area (Å²) in [6.07, 6.45) is 2.33. The molecule has 0 bridgehead atoms. The second kappa shape index (κ2) is 9.35. The number of imide groups is 1. The molecule has 7 nitrogen and oxygen atoms in total. The van der Waals surface area contributed by atoms with Crippen molar-refractivity contribution in [2.24, 2.45) is 0 Å². The number of para-hydroxylation sites is 1. The Kier molecular flexibility index (Phi) is 6.61. The molecule has 1 aliphatic heterocycles. The van der Waals surface area contributed by atoms with Crippen LogP contribution in [0.3, 0.4) is 0 Å². The van der Waals surface area contributed by atoms with Crippen LogP contribution < -0.4 is 5.32 Å². The van der Waals surface area contributed by atoms with Crippen molar-refractivity contribution >= 4 is 29.4 Å². The van der Waals surface area contributed by atoms with Crippen LogP contribution >= 0.6 is 0 Å². The van der Waals surface area contributed by atoms with Crippen LogP contribution in [0.2, 0.25) is 0 Å². The summed E-state index contributed by atoms with van der Waals surface area (Å²) >= 11 is 0. The van der Waals surface area contributed by atoms with Crippen LogP contribution in [0, 0.1) is 0 Å². The summed E-state index contributed by atoms with van der Waals surface area (Å²) < 4.78 is 5.09. The van der Waals surface area contributed by atoms with Crippen molar-refractivity contribution in [3.8, 4) is 0 Å². The van der Waals surface area contributed by atoms with Gasteiger partial charge in [-0.1, -0.05) is 38.5 Å². The molecule has 0 radical (unpaired) electrons. The van der Waals surface area contributed by atoms with Crippen LogP contribution in [-0.4, -0.2) is 41.7 Å². The maximum atomic E-state index is 12.5. The fraction of sp³-hybridized carbons (Fsp3) is 0.304. The van der Waals surface area contributed by atoms with Gasteiger partial charge in [0, 0.05) is 12.2 Å². The number of anilines is 1. The second-order valence-corrected chi connectivity index (χ2v) is 7.01. The number of unbranched alkanes of at least 4 members (excludes halogenated alkanes) is 1. The van der Waals surface area contributed by atoms with E-state index in [0.29, 0.717) is 12.2 Å². The molecule has 0 spiro atoms. The molecule has 0 fully saturated rings. The Balaban J connectivity index is 1.63. The molecule has 2 aromatic rings. The molecule has 1 heterocycles. The molecular formula is C23H24N2O5. The van der Waals surface area contributed by atoms with E-state index >= 15 is 0 Å². The van der Waals surface area contributed by atoms with Crippen LogP contribution in [-0.2, 0) is 16.0 Å². The number of ether oxygens (including phenoxy) is 1. The first-order valence-corrected chi connectivity index (χ1v) is 10.0. The summed E-state index contributed by atoms with van der Waals surface area (Å²) in [4.78, 5) is 50.6. The molecular weight excluding hydrogens is 384 g/mol. The number of aryl methyl sites for hydroxylation is 1. The van der Waals surface area contributed by atoms with E-state index < -0.39 is 24.4 Å². The topological polar surface area (TPSA) is 92.8 Å². The lowest BCUT2D eigenvalue weighted by Gasteiger charge is -2.12. The predicted molar refractivity (Wildman–Crippen MR) is 111 cm³/mol. The monoisotopic (exact) mass is 408 g/mol. The maximum absolute atomic E-state index is 12.5.